The molecule has 2 aliphatic rings. The normalized spacial score (nSPS) is 25.0. The minimum atomic E-state index is -1.34. The molecule has 1 saturated heterocycles. The lowest BCUT2D eigenvalue weighted by Crippen LogP contribution is -2.33. The Kier molecular flexibility index (Phi) is 4.78. The number of nitrogens with two attached hydrogens (primary N) is 1. The predicted molar refractivity (Wildman–Crippen MR) is 107 cm³/mol. The summed E-state index contributed by atoms with van der Waals surface area (Å²) >= 11 is 0. The second-order valence-electron chi connectivity index (χ2n) is 6.95. The number of aliphatic hydroxyl groups is 3. The van der Waals surface area contributed by atoms with Crippen molar-refractivity contribution in [2.24, 2.45) is 5.10 Å². The van der Waals surface area contributed by atoms with Gasteiger partial charge >= 0.3 is 0 Å². The standard InChI is InChI=1S/C18H19N7O6/c19-15-12-16(21-6-20-15)25(17-14(28)13(27)11(5-26)31-17)18(23-12)24-22-4-8-1-2-9-10(3-8)30-7-29-9/h1-4,6,11,13-14,17,26-28H,5,7H2,(H,23,24)(H2,19,20,21). The summed E-state index contributed by atoms with van der Waals surface area (Å²) in [6, 6.07) is 5.34. The Balaban J connectivity index is 1.48. The van der Waals surface area contributed by atoms with Gasteiger partial charge in [0.1, 0.15) is 24.6 Å². The highest BCUT2D eigenvalue weighted by molar-refractivity contribution is 5.85. The average molecular weight is 429 g/mol. The first-order valence-electron chi connectivity index (χ1n) is 9.36. The first kappa shape index (κ1) is 19.4. The lowest BCUT2D eigenvalue weighted by atomic mass is 10.1. The quantitative estimate of drug-likeness (QED) is 0.253. The molecule has 0 saturated carbocycles. The number of benzene rings is 1. The summed E-state index contributed by atoms with van der Waals surface area (Å²) in [5.74, 6) is 1.54. The zero-order chi connectivity index (χ0) is 21.5. The third-order valence-electron chi connectivity index (χ3n) is 5.05. The van der Waals surface area contributed by atoms with Crippen molar-refractivity contribution in [3.8, 4) is 11.5 Å². The van der Waals surface area contributed by atoms with E-state index >= 15 is 0 Å². The lowest BCUT2D eigenvalue weighted by molar-refractivity contribution is -0.0501. The molecular formula is C18H19N7O6. The molecule has 3 aromatic rings. The van der Waals surface area contributed by atoms with Crippen LogP contribution in [0.1, 0.15) is 11.8 Å². The summed E-state index contributed by atoms with van der Waals surface area (Å²) in [4.78, 5) is 12.5. The van der Waals surface area contributed by atoms with Crippen LogP contribution in [0.2, 0.25) is 0 Å². The molecule has 2 aromatic heterocycles. The Morgan fingerprint density at radius 2 is 2.06 bits per heavy atom. The molecule has 5 rings (SSSR count). The summed E-state index contributed by atoms with van der Waals surface area (Å²) in [5, 5.41) is 34.2. The van der Waals surface area contributed by atoms with Gasteiger partial charge in [-0.3, -0.25) is 4.57 Å². The Bertz CT molecular complexity index is 1150. The summed E-state index contributed by atoms with van der Waals surface area (Å²) in [7, 11) is 0. The zero-order valence-electron chi connectivity index (χ0n) is 16.0. The second-order valence-corrected chi connectivity index (χ2v) is 6.95. The zero-order valence-corrected chi connectivity index (χ0v) is 16.0. The molecule has 31 heavy (non-hydrogen) atoms. The van der Waals surface area contributed by atoms with Crippen molar-refractivity contribution < 1.29 is 29.5 Å². The fourth-order valence-electron chi connectivity index (χ4n) is 3.50. The molecule has 162 valence electrons. The monoisotopic (exact) mass is 429 g/mol. The topological polar surface area (TPSA) is 182 Å². The average Bonchev–Trinajstić information content (AvgIpc) is 3.45. The van der Waals surface area contributed by atoms with E-state index in [0.29, 0.717) is 11.5 Å². The Morgan fingerprint density at radius 1 is 1.23 bits per heavy atom. The van der Waals surface area contributed by atoms with Gasteiger partial charge in [0.15, 0.2) is 34.7 Å². The number of rotatable bonds is 5. The van der Waals surface area contributed by atoms with E-state index in [9.17, 15) is 15.3 Å². The van der Waals surface area contributed by atoms with Crippen molar-refractivity contribution >= 4 is 29.1 Å². The van der Waals surface area contributed by atoms with Crippen LogP contribution in [0.4, 0.5) is 11.8 Å². The van der Waals surface area contributed by atoms with Gasteiger partial charge in [-0.15, -0.1) is 0 Å². The van der Waals surface area contributed by atoms with Crippen molar-refractivity contribution in [1.29, 1.82) is 0 Å². The Morgan fingerprint density at radius 3 is 2.87 bits per heavy atom. The molecule has 1 fully saturated rings. The molecule has 1 aromatic carbocycles. The number of imidazole rings is 1. The van der Waals surface area contributed by atoms with E-state index in [2.05, 4.69) is 25.5 Å². The van der Waals surface area contributed by atoms with Crippen LogP contribution in [-0.2, 0) is 4.74 Å². The smallest absolute Gasteiger partial charge is 0.231 e. The number of hydrogen-bond acceptors (Lipinski definition) is 12. The summed E-state index contributed by atoms with van der Waals surface area (Å²) in [6.07, 6.45) is -1.91. The van der Waals surface area contributed by atoms with Crippen LogP contribution in [0, 0.1) is 0 Å². The van der Waals surface area contributed by atoms with Crippen molar-refractivity contribution in [2.75, 3.05) is 24.6 Å². The maximum atomic E-state index is 10.5. The van der Waals surface area contributed by atoms with Gasteiger partial charge in [0.2, 0.25) is 12.7 Å². The van der Waals surface area contributed by atoms with Crippen molar-refractivity contribution in [3.63, 3.8) is 0 Å². The molecule has 0 aliphatic carbocycles. The number of ether oxygens (including phenoxy) is 3. The largest absolute Gasteiger partial charge is 0.454 e. The second kappa shape index (κ2) is 7.63. The van der Waals surface area contributed by atoms with Gasteiger partial charge in [-0.05, 0) is 23.8 Å². The van der Waals surface area contributed by atoms with Crippen LogP contribution in [-0.4, -0.2) is 72.8 Å². The number of nitrogens with zero attached hydrogens (tertiary/aromatic N) is 5. The number of aromatic nitrogens is 4. The molecule has 2 aliphatic heterocycles. The fraction of sp³-hybridized carbons (Fsp3) is 0.333. The summed E-state index contributed by atoms with van der Waals surface area (Å²) < 4.78 is 17.7. The third kappa shape index (κ3) is 3.29. The molecule has 4 atom stereocenters. The van der Waals surface area contributed by atoms with Crippen LogP contribution in [0.25, 0.3) is 11.2 Å². The predicted octanol–water partition coefficient (Wildman–Crippen LogP) is -0.805. The Labute approximate surface area is 174 Å². The molecule has 0 bridgehead atoms. The van der Waals surface area contributed by atoms with Crippen LogP contribution < -0.4 is 20.6 Å². The molecule has 6 N–H and O–H groups in total. The van der Waals surface area contributed by atoms with E-state index in [0.717, 1.165) is 5.56 Å². The van der Waals surface area contributed by atoms with Gasteiger partial charge in [0.25, 0.3) is 0 Å². The van der Waals surface area contributed by atoms with E-state index < -0.39 is 31.1 Å². The maximum absolute atomic E-state index is 10.5. The van der Waals surface area contributed by atoms with Gasteiger partial charge in [0, 0.05) is 0 Å². The van der Waals surface area contributed by atoms with E-state index in [4.69, 9.17) is 19.9 Å². The van der Waals surface area contributed by atoms with E-state index in [1.54, 1.807) is 18.2 Å². The van der Waals surface area contributed by atoms with E-state index in [1.165, 1.54) is 17.1 Å². The highest BCUT2D eigenvalue weighted by Gasteiger charge is 2.45. The minimum Gasteiger partial charge on any atom is -0.454 e. The fourth-order valence-corrected chi connectivity index (χ4v) is 3.50. The van der Waals surface area contributed by atoms with E-state index in [1.807, 2.05) is 0 Å². The number of nitrogen functional groups attached to an aromatic ring is 1. The van der Waals surface area contributed by atoms with Crippen molar-refractivity contribution in [3.05, 3.63) is 30.1 Å². The van der Waals surface area contributed by atoms with Crippen LogP contribution >= 0.6 is 0 Å². The SMILES string of the molecule is Nc1ncnc2c1nc(NN=Cc1ccc3c(c1)OCO3)n2C1OC(CO)C(O)C1O. The highest BCUT2D eigenvalue weighted by Crippen LogP contribution is 2.35. The van der Waals surface area contributed by atoms with Crippen molar-refractivity contribution in [2.45, 2.75) is 24.5 Å². The van der Waals surface area contributed by atoms with Gasteiger partial charge < -0.3 is 35.3 Å². The molecule has 0 spiro atoms. The number of hydrazone groups is 1. The maximum Gasteiger partial charge on any atom is 0.231 e. The van der Waals surface area contributed by atoms with E-state index in [-0.39, 0.29) is 29.7 Å². The molecule has 4 heterocycles. The third-order valence-corrected chi connectivity index (χ3v) is 5.05. The molecule has 4 unspecified atom stereocenters. The summed E-state index contributed by atoms with van der Waals surface area (Å²) in [6.45, 7) is -0.297. The van der Waals surface area contributed by atoms with Crippen LogP contribution in [0.3, 0.4) is 0 Å². The van der Waals surface area contributed by atoms with Crippen LogP contribution in [0.15, 0.2) is 29.6 Å². The van der Waals surface area contributed by atoms with Gasteiger partial charge in [-0.25, -0.2) is 20.4 Å². The number of aliphatic hydroxyl groups excluding tert-OH is 3. The Hall–Kier alpha value is -3.52. The molecule has 13 nitrogen and oxygen atoms in total. The van der Waals surface area contributed by atoms with Gasteiger partial charge in [0.05, 0.1) is 12.8 Å². The number of nitrogens with one attached hydrogen (secondary N) is 1. The summed E-state index contributed by atoms with van der Waals surface area (Å²) in [5.41, 5.74) is 9.97. The molecule has 13 heteroatoms. The number of fused-ring (bicyclic) bond motifs is 2. The first-order chi connectivity index (χ1) is 15.1. The van der Waals surface area contributed by atoms with Crippen molar-refractivity contribution in [1.82, 2.24) is 19.5 Å². The lowest BCUT2D eigenvalue weighted by Gasteiger charge is -2.18. The number of anilines is 2. The van der Waals surface area contributed by atoms with Crippen LogP contribution in [0.5, 0.6) is 11.5 Å². The highest BCUT2D eigenvalue weighted by atomic mass is 16.7. The molecular weight excluding hydrogens is 410 g/mol. The molecule has 0 radical (unpaired) electrons. The number of hydrogen-bond donors (Lipinski definition) is 5. The first-order valence-corrected chi connectivity index (χ1v) is 9.36. The molecule has 0 amide bonds. The minimum absolute atomic E-state index is 0.123. The van der Waals surface area contributed by atoms with Gasteiger partial charge in [-0.1, -0.05) is 0 Å². The van der Waals surface area contributed by atoms with Gasteiger partial charge in [-0.2, -0.15) is 5.10 Å².